The second-order valence-electron chi connectivity index (χ2n) is 7.14. The number of rotatable bonds is 8. The third-order valence-corrected chi connectivity index (χ3v) is 5.96. The van der Waals surface area contributed by atoms with Crippen molar-refractivity contribution in [3.8, 4) is 10.7 Å². The number of nitrogens with one attached hydrogen (secondary N) is 1. The molecule has 0 saturated carbocycles. The third kappa shape index (κ3) is 5.43. The fourth-order valence-corrected chi connectivity index (χ4v) is 4.06. The zero-order valence-electron chi connectivity index (χ0n) is 16.6. The molecule has 1 saturated heterocycles. The molecule has 2 aromatic heterocycles. The minimum absolute atomic E-state index is 0.0178. The number of benzene rings is 1. The molecule has 3 aromatic rings. The molecule has 9 heteroatoms. The first-order valence-corrected chi connectivity index (χ1v) is 10.9. The Morgan fingerprint density at radius 3 is 2.70 bits per heavy atom. The van der Waals surface area contributed by atoms with Crippen LogP contribution >= 0.6 is 11.3 Å². The third-order valence-electron chi connectivity index (χ3n) is 5.09. The fourth-order valence-electron chi connectivity index (χ4n) is 3.41. The molecule has 0 bridgehead atoms. The Morgan fingerprint density at radius 2 is 1.97 bits per heavy atom. The smallest absolute Gasteiger partial charge is 0.227 e. The molecular weight excluding hydrogens is 405 g/mol. The molecule has 7 nitrogen and oxygen atoms in total. The molecule has 0 radical (unpaired) electrons. The van der Waals surface area contributed by atoms with Gasteiger partial charge in [0.25, 0.3) is 0 Å². The Labute approximate surface area is 178 Å². The van der Waals surface area contributed by atoms with Crippen molar-refractivity contribution in [2.45, 2.75) is 12.8 Å². The van der Waals surface area contributed by atoms with E-state index in [1.54, 1.807) is 11.3 Å². The molecule has 158 valence electrons. The van der Waals surface area contributed by atoms with E-state index in [2.05, 4.69) is 25.3 Å². The van der Waals surface area contributed by atoms with Crippen LogP contribution in [-0.4, -0.2) is 60.2 Å². The molecule has 1 amide bonds. The zero-order valence-corrected chi connectivity index (χ0v) is 17.4. The van der Waals surface area contributed by atoms with Gasteiger partial charge >= 0.3 is 0 Å². The number of aryl methyl sites for hydroxylation is 1. The van der Waals surface area contributed by atoms with E-state index >= 15 is 0 Å². The van der Waals surface area contributed by atoms with Gasteiger partial charge in [0.1, 0.15) is 5.82 Å². The summed E-state index contributed by atoms with van der Waals surface area (Å²) in [5.41, 5.74) is 1.05. The minimum atomic E-state index is -0.213. The average molecular weight is 430 g/mol. The number of anilines is 1. The van der Waals surface area contributed by atoms with E-state index in [1.807, 2.05) is 29.6 Å². The number of carbonyl (C=O) groups is 1. The van der Waals surface area contributed by atoms with Crippen LogP contribution < -0.4 is 10.2 Å². The second kappa shape index (κ2) is 9.82. The Morgan fingerprint density at radius 1 is 1.17 bits per heavy atom. The SMILES string of the molecule is O=C(CCc1nc(-c2cccs2)no1)NCCN1CCN(c2ccc(F)cc2)CC1. The summed E-state index contributed by atoms with van der Waals surface area (Å²) in [6.07, 6.45) is 0.755. The van der Waals surface area contributed by atoms with Crippen molar-refractivity contribution in [2.75, 3.05) is 44.2 Å². The fraction of sp³-hybridized carbons (Fsp3) is 0.381. The highest BCUT2D eigenvalue weighted by atomic mass is 32.1. The van der Waals surface area contributed by atoms with Crippen LogP contribution in [0.25, 0.3) is 10.7 Å². The highest BCUT2D eigenvalue weighted by molar-refractivity contribution is 7.13. The summed E-state index contributed by atoms with van der Waals surface area (Å²) in [6, 6.07) is 10.5. The van der Waals surface area contributed by atoms with E-state index < -0.39 is 0 Å². The number of aromatic nitrogens is 2. The lowest BCUT2D eigenvalue weighted by molar-refractivity contribution is -0.121. The molecule has 4 rings (SSSR count). The van der Waals surface area contributed by atoms with Crippen molar-refractivity contribution < 1.29 is 13.7 Å². The first-order chi connectivity index (χ1) is 14.7. The van der Waals surface area contributed by atoms with Gasteiger partial charge in [0.15, 0.2) is 0 Å². The lowest BCUT2D eigenvalue weighted by Crippen LogP contribution is -2.48. The maximum Gasteiger partial charge on any atom is 0.227 e. The van der Waals surface area contributed by atoms with E-state index in [-0.39, 0.29) is 11.7 Å². The van der Waals surface area contributed by atoms with Gasteiger partial charge in [-0.25, -0.2) is 4.39 Å². The first kappa shape index (κ1) is 20.5. The van der Waals surface area contributed by atoms with Crippen LogP contribution in [0, 0.1) is 5.82 Å². The summed E-state index contributed by atoms with van der Waals surface area (Å²) in [7, 11) is 0. The summed E-state index contributed by atoms with van der Waals surface area (Å²) in [6.45, 7) is 5.04. The van der Waals surface area contributed by atoms with E-state index in [0.29, 0.717) is 31.1 Å². The predicted octanol–water partition coefficient (Wildman–Crippen LogP) is 2.81. The Balaban J connectivity index is 1.12. The molecule has 0 aliphatic carbocycles. The number of amides is 1. The first-order valence-electron chi connectivity index (χ1n) is 10.0. The maximum absolute atomic E-state index is 13.1. The predicted molar refractivity (Wildman–Crippen MR) is 114 cm³/mol. The monoisotopic (exact) mass is 429 g/mol. The molecule has 1 aromatic carbocycles. The number of halogens is 1. The lowest BCUT2D eigenvalue weighted by Gasteiger charge is -2.36. The van der Waals surface area contributed by atoms with Gasteiger partial charge < -0.3 is 14.7 Å². The van der Waals surface area contributed by atoms with E-state index in [9.17, 15) is 9.18 Å². The van der Waals surface area contributed by atoms with Gasteiger partial charge in [-0.15, -0.1) is 11.3 Å². The molecule has 1 aliphatic rings. The summed E-state index contributed by atoms with van der Waals surface area (Å²) >= 11 is 1.55. The largest absolute Gasteiger partial charge is 0.369 e. The van der Waals surface area contributed by atoms with E-state index in [0.717, 1.165) is 43.3 Å². The number of carbonyl (C=O) groups excluding carboxylic acids is 1. The van der Waals surface area contributed by atoms with Crippen LogP contribution in [0.15, 0.2) is 46.3 Å². The highest BCUT2D eigenvalue weighted by Crippen LogP contribution is 2.21. The van der Waals surface area contributed by atoms with E-state index in [4.69, 9.17) is 4.52 Å². The molecule has 0 atom stereocenters. The molecule has 30 heavy (non-hydrogen) atoms. The van der Waals surface area contributed by atoms with Crippen molar-refractivity contribution >= 4 is 22.9 Å². The van der Waals surface area contributed by atoms with Crippen molar-refractivity contribution in [1.29, 1.82) is 0 Å². The summed E-state index contributed by atoms with van der Waals surface area (Å²) in [5, 5.41) is 8.88. The van der Waals surface area contributed by atoms with Gasteiger partial charge in [-0.1, -0.05) is 11.2 Å². The number of hydrogen-bond acceptors (Lipinski definition) is 7. The van der Waals surface area contributed by atoms with Crippen LogP contribution in [0.1, 0.15) is 12.3 Å². The van der Waals surface area contributed by atoms with Crippen molar-refractivity contribution in [3.63, 3.8) is 0 Å². The highest BCUT2D eigenvalue weighted by Gasteiger charge is 2.17. The average Bonchev–Trinajstić information content (AvgIpc) is 3.45. The van der Waals surface area contributed by atoms with Crippen LogP contribution in [0.2, 0.25) is 0 Å². The van der Waals surface area contributed by atoms with Crippen LogP contribution in [0.3, 0.4) is 0 Å². The van der Waals surface area contributed by atoms with Gasteiger partial charge in [-0.2, -0.15) is 4.98 Å². The Hall–Kier alpha value is -2.78. The maximum atomic E-state index is 13.1. The van der Waals surface area contributed by atoms with Crippen molar-refractivity contribution in [2.24, 2.45) is 0 Å². The molecule has 0 unspecified atom stereocenters. The molecule has 1 fully saturated rings. The van der Waals surface area contributed by atoms with Gasteiger partial charge in [0, 0.05) is 57.8 Å². The normalized spacial score (nSPS) is 14.8. The standard InChI is InChI=1S/C21H24FN5O2S/c22-16-3-5-17(6-4-16)27-13-11-26(12-14-27)10-9-23-19(28)7-8-20-24-21(25-29-20)18-2-1-15-30-18/h1-6,15H,7-14H2,(H,23,28). The molecule has 1 N–H and O–H groups in total. The summed E-state index contributed by atoms with van der Waals surface area (Å²) in [4.78, 5) is 22.0. The summed E-state index contributed by atoms with van der Waals surface area (Å²) in [5.74, 6) is 0.816. The van der Waals surface area contributed by atoms with Gasteiger partial charge in [-0.3, -0.25) is 9.69 Å². The second-order valence-corrected chi connectivity index (χ2v) is 8.09. The molecule has 3 heterocycles. The van der Waals surface area contributed by atoms with Gasteiger partial charge in [0.2, 0.25) is 17.6 Å². The summed E-state index contributed by atoms with van der Waals surface area (Å²) < 4.78 is 18.3. The number of hydrogen-bond donors (Lipinski definition) is 1. The van der Waals surface area contributed by atoms with Gasteiger partial charge in [0.05, 0.1) is 4.88 Å². The van der Waals surface area contributed by atoms with E-state index in [1.165, 1.54) is 12.1 Å². The lowest BCUT2D eigenvalue weighted by atomic mass is 10.2. The topological polar surface area (TPSA) is 74.5 Å². The Kier molecular flexibility index (Phi) is 6.70. The number of piperazine rings is 1. The molecule has 0 spiro atoms. The van der Waals surface area contributed by atoms with Gasteiger partial charge in [-0.05, 0) is 35.7 Å². The zero-order chi connectivity index (χ0) is 20.8. The Bertz CT molecular complexity index is 937. The quantitative estimate of drug-likeness (QED) is 0.594. The number of thiophene rings is 1. The number of nitrogens with zero attached hydrogens (tertiary/aromatic N) is 4. The van der Waals surface area contributed by atoms with Crippen LogP contribution in [0.5, 0.6) is 0 Å². The van der Waals surface area contributed by atoms with Crippen molar-refractivity contribution in [3.05, 3.63) is 53.5 Å². The minimum Gasteiger partial charge on any atom is -0.369 e. The van der Waals surface area contributed by atoms with Crippen molar-refractivity contribution in [1.82, 2.24) is 20.4 Å². The van der Waals surface area contributed by atoms with Crippen LogP contribution in [-0.2, 0) is 11.2 Å². The van der Waals surface area contributed by atoms with Crippen LogP contribution in [0.4, 0.5) is 10.1 Å². The molecular formula is C21H24FN5O2S. The molecule has 1 aliphatic heterocycles.